The van der Waals surface area contributed by atoms with Crippen LogP contribution in [0.25, 0.3) is 0 Å². The summed E-state index contributed by atoms with van der Waals surface area (Å²) >= 11 is 1.61. The highest BCUT2D eigenvalue weighted by Crippen LogP contribution is 2.17. The second-order valence-corrected chi connectivity index (χ2v) is 5.62. The van der Waals surface area contributed by atoms with Crippen LogP contribution in [0.15, 0.2) is 24.3 Å². The van der Waals surface area contributed by atoms with Crippen LogP contribution in [0.5, 0.6) is 5.75 Å². The minimum Gasteiger partial charge on any atom is -0.494 e. The average molecular weight is 291 g/mol. The molecule has 0 amide bonds. The maximum atomic E-state index is 5.64. The van der Waals surface area contributed by atoms with Crippen LogP contribution < -0.4 is 10.1 Å². The van der Waals surface area contributed by atoms with Crippen molar-refractivity contribution in [3.63, 3.8) is 0 Å². The van der Waals surface area contributed by atoms with Gasteiger partial charge in [0.2, 0.25) is 5.13 Å². The van der Waals surface area contributed by atoms with Gasteiger partial charge < -0.3 is 10.1 Å². The highest BCUT2D eigenvalue weighted by molar-refractivity contribution is 7.15. The number of nitrogens with zero attached hydrogens (tertiary/aromatic N) is 2. The Bertz CT molecular complexity index is 510. The predicted octanol–water partition coefficient (Wildman–Crippen LogP) is 3.89. The first kappa shape index (κ1) is 14.8. The molecule has 0 saturated carbocycles. The van der Waals surface area contributed by atoms with Crippen LogP contribution >= 0.6 is 11.3 Å². The molecule has 0 aliphatic heterocycles. The molecule has 2 aromatic rings. The highest BCUT2D eigenvalue weighted by atomic mass is 32.1. The van der Waals surface area contributed by atoms with Crippen molar-refractivity contribution >= 4 is 16.5 Å². The van der Waals surface area contributed by atoms with Gasteiger partial charge in [-0.3, -0.25) is 0 Å². The Hall–Kier alpha value is -1.62. The van der Waals surface area contributed by atoms with Crippen LogP contribution in [-0.2, 0) is 13.0 Å². The van der Waals surface area contributed by atoms with Crippen LogP contribution in [-0.4, -0.2) is 16.8 Å². The Morgan fingerprint density at radius 3 is 2.60 bits per heavy atom. The fraction of sp³-hybridized carbons (Fsp3) is 0.467. The molecule has 108 valence electrons. The van der Waals surface area contributed by atoms with Crippen molar-refractivity contribution in [2.24, 2.45) is 0 Å². The molecule has 0 fully saturated rings. The molecule has 0 atom stereocenters. The second kappa shape index (κ2) is 7.85. The van der Waals surface area contributed by atoms with Crippen molar-refractivity contribution < 1.29 is 4.74 Å². The van der Waals surface area contributed by atoms with E-state index in [1.54, 1.807) is 11.3 Å². The third kappa shape index (κ3) is 4.49. The molecule has 0 aliphatic carbocycles. The monoisotopic (exact) mass is 291 g/mol. The lowest BCUT2D eigenvalue weighted by Crippen LogP contribution is -2.00. The van der Waals surface area contributed by atoms with E-state index in [2.05, 4.69) is 41.5 Å². The summed E-state index contributed by atoms with van der Waals surface area (Å²) in [6.45, 7) is 5.80. The molecule has 0 unspecified atom stereocenters. The fourth-order valence-corrected chi connectivity index (χ4v) is 2.36. The van der Waals surface area contributed by atoms with E-state index >= 15 is 0 Å². The first-order valence-corrected chi connectivity index (χ1v) is 7.91. The lowest BCUT2D eigenvalue weighted by molar-refractivity contribution is 0.309. The van der Waals surface area contributed by atoms with Gasteiger partial charge in [-0.1, -0.05) is 43.7 Å². The van der Waals surface area contributed by atoms with Gasteiger partial charge in [-0.15, -0.1) is 10.2 Å². The zero-order valence-electron chi connectivity index (χ0n) is 12.1. The van der Waals surface area contributed by atoms with E-state index in [4.69, 9.17) is 4.74 Å². The Kier molecular flexibility index (Phi) is 5.80. The SMILES string of the molecule is CCCCOc1ccc(CNc2nnc(CC)s2)cc1. The van der Waals surface area contributed by atoms with Crippen LogP contribution in [0, 0.1) is 0 Å². The molecule has 0 spiro atoms. The highest BCUT2D eigenvalue weighted by Gasteiger charge is 2.02. The van der Waals surface area contributed by atoms with Gasteiger partial charge in [0.1, 0.15) is 10.8 Å². The van der Waals surface area contributed by atoms with Gasteiger partial charge in [-0.05, 0) is 30.5 Å². The summed E-state index contributed by atoms with van der Waals surface area (Å²) in [6, 6.07) is 8.20. The van der Waals surface area contributed by atoms with Gasteiger partial charge >= 0.3 is 0 Å². The number of aromatic nitrogens is 2. The quantitative estimate of drug-likeness (QED) is 0.750. The van der Waals surface area contributed by atoms with Crippen molar-refractivity contribution in [2.45, 2.75) is 39.7 Å². The van der Waals surface area contributed by atoms with E-state index in [9.17, 15) is 0 Å². The first-order valence-electron chi connectivity index (χ1n) is 7.09. The molecule has 1 aromatic heterocycles. The molecule has 2 rings (SSSR count). The number of hydrogen-bond acceptors (Lipinski definition) is 5. The lowest BCUT2D eigenvalue weighted by atomic mass is 10.2. The van der Waals surface area contributed by atoms with Crippen LogP contribution in [0.1, 0.15) is 37.3 Å². The molecule has 1 N–H and O–H groups in total. The van der Waals surface area contributed by atoms with Gasteiger partial charge in [0, 0.05) is 6.54 Å². The number of hydrogen-bond donors (Lipinski definition) is 1. The van der Waals surface area contributed by atoms with E-state index < -0.39 is 0 Å². The van der Waals surface area contributed by atoms with Crippen molar-refractivity contribution in [1.82, 2.24) is 10.2 Å². The van der Waals surface area contributed by atoms with E-state index in [1.165, 1.54) is 5.56 Å². The molecule has 4 nitrogen and oxygen atoms in total. The van der Waals surface area contributed by atoms with Crippen molar-refractivity contribution in [1.29, 1.82) is 0 Å². The summed E-state index contributed by atoms with van der Waals surface area (Å²) in [6.07, 6.45) is 3.19. The Morgan fingerprint density at radius 1 is 1.15 bits per heavy atom. The Labute approximate surface area is 124 Å². The van der Waals surface area contributed by atoms with E-state index in [1.807, 2.05) is 12.1 Å². The van der Waals surface area contributed by atoms with Crippen LogP contribution in [0.3, 0.4) is 0 Å². The molecular formula is C15H21N3OS. The number of unbranched alkanes of at least 4 members (excludes halogenated alkanes) is 1. The van der Waals surface area contributed by atoms with Crippen molar-refractivity contribution in [2.75, 3.05) is 11.9 Å². The first-order chi connectivity index (χ1) is 9.81. The maximum Gasteiger partial charge on any atom is 0.205 e. The lowest BCUT2D eigenvalue weighted by Gasteiger charge is -2.07. The van der Waals surface area contributed by atoms with Gasteiger partial charge in [0.25, 0.3) is 0 Å². The number of aryl methyl sites for hydroxylation is 1. The summed E-state index contributed by atoms with van der Waals surface area (Å²) in [5.41, 5.74) is 1.21. The summed E-state index contributed by atoms with van der Waals surface area (Å²) in [5, 5.41) is 13.4. The summed E-state index contributed by atoms with van der Waals surface area (Å²) < 4.78 is 5.64. The average Bonchev–Trinajstić information content (AvgIpc) is 2.95. The molecule has 1 aromatic carbocycles. The molecule has 0 radical (unpaired) electrons. The number of ether oxygens (including phenoxy) is 1. The minimum absolute atomic E-state index is 0.758. The Morgan fingerprint density at radius 2 is 1.95 bits per heavy atom. The van der Waals surface area contributed by atoms with Gasteiger partial charge in [0.15, 0.2) is 0 Å². The molecule has 0 saturated heterocycles. The van der Waals surface area contributed by atoms with Crippen LogP contribution in [0.2, 0.25) is 0 Å². The standard InChI is InChI=1S/C15H21N3OS/c1-3-5-10-19-13-8-6-12(7-9-13)11-16-15-18-17-14(4-2)20-15/h6-9H,3-5,10-11H2,1-2H3,(H,16,18). The molecular weight excluding hydrogens is 270 g/mol. The number of benzene rings is 1. The van der Waals surface area contributed by atoms with Crippen LogP contribution in [0.4, 0.5) is 5.13 Å². The minimum atomic E-state index is 0.758. The third-order valence-electron chi connectivity index (χ3n) is 2.90. The zero-order valence-corrected chi connectivity index (χ0v) is 12.9. The van der Waals surface area contributed by atoms with Crippen molar-refractivity contribution in [3.05, 3.63) is 34.8 Å². The third-order valence-corrected chi connectivity index (χ3v) is 3.93. The maximum absolute atomic E-state index is 5.64. The molecule has 0 aliphatic rings. The topological polar surface area (TPSA) is 47.0 Å². The molecule has 20 heavy (non-hydrogen) atoms. The predicted molar refractivity (Wildman–Crippen MR) is 83.5 cm³/mol. The molecule has 1 heterocycles. The normalized spacial score (nSPS) is 10.5. The van der Waals surface area contributed by atoms with E-state index in [0.717, 1.165) is 48.3 Å². The number of rotatable bonds is 8. The van der Waals surface area contributed by atoms with Gasteiger partial charge in [0.05, 0.1) is 6.61 Å². The largest absolute Gasteiger partial charge is 0.494 e. The smallest absolute Gasteiger partial charge is 0.205 e. The van der Waals surface area contributed by atoms with Crippen molar-refractivity contribution in [3.8, 4) is 5.75 Å². The van der Waals surface area contributed by atoms with E-state index in [0.29, 0.717) is 0 Å². The number of anilines is 1. The zero-order chi connectivity index (χ0) is 14.2. The number of nitrogens with one attached hydrogen (secondary N) is 1. The Balaban J connectivity index is 1.81. The summed E-state index contributed by atoms with van der Waals surface area (Å²) in [5.74, 6) is 0.936. The second-order valence-electron chi connectivity index (χ2n) is 4.55. The van der Waals surface area contributed by atoms with Gasteiger partial charge in [-0.25, -0.2) is 0 Å². The molecule has 0 bridgehead atoms. The van der Waals surface area contributed by atoms with E-state index in [-0.39, 0.29) is 0 Å². The summed E-state index contributed by atoms with van der Waals surface area (Å²) in [4.78, 5) is 0. The summed E-state index contributed by atoms with van der Waals surface area (Å²) in [7, 11) is 0. The fourth-order valence-electron chi connectivity index (χ4n) is 1.68. The molecule has 5 heteroatoms. The van der Waals surface area contributed by atoms with Gasteiger partial charge in [-0.2, -0.15) is 0 Å².